The molecule has 0 saturated heterocycles. The second kappa shape index (κ2) is 8.20. The van der Waals surface area contributed by atoms with Gasteiger partial charge in [0.25, 0.3) is 5.91 Å². The van der Waals surface area contributed by atoms with Crippen molar-refractivity contribution in [2.45, 2.75) is 26.4 Å². The lowest BCUT2D eigenvalue weighted by molar-refractivity contribution is 0.0714. The van der Waals surface area contributed by atoms with Crippen molar-refractivity contribution in [3.05, 3.63) is 98.9 Å². The standard InChI is InChI=1S/C28H23NO6/c1-3-32-19-8-6-18(7-9-19)25-24-26(30)20-12-16(2)4-10-21(20)35-27(24)28(31)29(25)14-17-5-11-22-23(13-17)34-15-33-22/h4-13,25H,3,14-15H2,1-2H3/t25-/m0/s1. The van der Waals surface area contributed by atoms with Crippen molar-refractivity contribution >= 4 is 16.9 Å². The second-order valence-electron chi connectivity index (χ2n) is 8.70. The van der Waals surface area contributed by atoms with Crippen LogP contribution in [0.25, 0.3) is 11.0 Å². The van der Waals surface area contributed by atoms with Gasteiger partial charge >= 0.3 is 0 Å². The Bertz CT molecular complexity index is 1520. The number of nitrogens with zero attached hydrogens (tertiary/aromatic N) is 1. The van der Waals surface area contributed by atoms with E-state index in [0.29, 0.717) is 34.6 Å². The lowest BCUT2D eigenvalue weighted by Gasteiger charge is -2.25. The highest BCUT2D eigenvalue weighted by Crippen LogP contribution is 2.41. The zero-order valence-electron chi connectivity index (χ0n) is 19.4. The molecule has 3 aromatic carbocycles. The van der Waals surface area contributed by atoms with Crippen LogP contribution in [-0.4, -0.2) is 24.2 Å². The number of hydrogen-bond acceptors (Lipinski definition) is 6. The lowest BCUT2D eigenvalue weighted by atomic mass is 9.98. The minimum Gasteiger partial charge on any atom is -0.494 e. The van der Waals surface area contributed by atoms with E-state index in [2.05, 4.69) is 0 Å². The van der Waals surface area contributed by atoms with Gasteiger partial charge < -0.3 is 23.5 Å². The van der Waals surface area contributed by atoms with Crippen LogP contribution in [0.3, 0.4) is 0 Å². The smallest absolute Gasteiger partial charge is 0.291 e. The summed E-state index contributed by atoms with van der Waals surface area (Å²) in [6.45, 7) is 4.84. The maximum absolute atomic E-state index is 13.7. The summed E-state index contributed by atoms with van der Waals surface area (Å²) < 4.78 is 22.6. The van der Waals surface area contributed by atoms with Crippen LogP contribution in [0, 0.1) is 6.92 Å². The first-order valence-corrected chi connectivity index (χ1v) is 11.5. The zero-order valence-corrected chi connectivity index (χ0v) is 19.4. The maximum atomic E-state index is 13.7. The fourth-order valence-corrected chi connectivity index (χ4v) is 4.79. The highest BCUT2D eigenvalue weighted by atomic mass is 16.7. The molecule has 0 aliphatic carbocycles. The molecular weight excluding hydrogens is 446 g/mol. The largest absolute Gasteiger partial charge is 0.494 e. The lowest BCUT2D eigenvalue weighted by Crippen LogP contribution is -2.29. The molecule has 6 rings (SSSR count). The van der Waals surface area contributed by atoms with Gasteiger partial charge in [-0.2, -0.15) is 0 Å². The number of carbonyl (C=O) groups is 1. The van der Waals surface area contributed by atoms with E-state index in [1.165, 1.54) is 0 Å². The highest BCUT2D eigenvalue weighted by Gasteiger charge is 2.42. The summed E-state index contributed by atoms with van der Waals surface area (Å²) >= 11 is 0. The van der Waals surface area contributed by atoms with E-state index in [9.17, 15) is 9.59 Å². The molecule has 0 radical (unpaired) electrons. The third-order valence-electron chi connectivity index (χ3n) is 6.42. The van der Waals surface area contributed by atoms with Crippen LogP contribution >= 0.6 is 0 Å². The normalized spacial score (nSPS) is 16.1. The number of aryl methyl sites for hydroxylation is 1. The van der Waals surface area contributed by atoms with E-state index in [0.717, 1.165) is 22.4 Å². The van der Waals surface area contributed by atoms with Gasteiger partial charge in [-0.05, 0) is 61.4 Å². The van der Waals surface area contributed by atoms with Crippen molar-refractivity contribution in [2.24, 2.45) is 0 Å². The first kappa shape index (κ1) is 21.3. The van der Waals surface area contributed by atoms with Gasteiger partial charge in [0.05, 0.1) is 23.6 Å². The van der Waals surface area contributed by atoms with Crippen molar-refractivity contribution in [1.82, 2.24) is 4.90 Å². The third-order valence-corrected chi connectivity index (χ3v) is 6.42. The number of ether oxygens (including phenoxy) is 3. The Labute approximate surface area is 201 Å². The van der Waals surface area contributed by atoms with Crippen LogP contribution in [0.5, 0.6) is 17.2 Å². The molecule has 0 N–H and O–H groups in total. The molecular formula is C28H23NO6. The zero-order chi connectivity index (χ0) is 24.1. The molecule has 3 heterocycles. The Hall–Kier alpha value is -4.26. The molecule has 0 bridgehead atoms. The number of carbonyl (C=O) groups excluding carboxylic acids is 1. The third kappa shape index (κ3) is 3.51. The van der Waals surface area contributed by atoms with E-state index < -0.39 is 6.04 Å². The number of rotatable bonds is 5. The molecule has 1 amide bonds. The first-order valence-electron chi connectivity index (χ1n) is 11.5. The molecule has 1 atom stereocenters. The van der Waals surface area contributed by atoms with Gasteiger partial charge in [0, 0.05) is 6.54 Å². The highest BCUT2D eigenvalue weighted by molar-refractivity contribution is 5.99. The fourth-order valence-electron chi connectivity index (χ4n) is 4.79. The Morgan fingerprint density at radius 1 is 0.971 bits per heavy atom. The Balaban J connectivity index is 1.49. The monoisotopic (exact) mass is 469 g/mol. The average molecular weight is 469 g/mol. The summed E-state index contributed by atoms with van der Waals surface area (Å²) in [6.07, 6.45) is 0. The van der Waals surface area contributed by atoms with Gasteiger partial charge in [-0.1, -0.05) is 29.8 Å². The summed E-state index contributed by atoms with van der Waals surface area (Å²) in [7, 11) is 0. The molecule has 0 saturated carbocycles. The van der Waals surface area contributed by atoms with E-state index in [4.69, 9.17) is 18.6 Å². The van der Waals surface area contributed by atoms with Crippen LogP contribution in [0.1, 0.15) is 45.8 Å². The molecule has 0 fully saturated rings. The summed E-state index contributed by atoms with van der Waals surface area (Å²) in [5.41, 5.74) is 3.19. The SMILES string of the molecule is CCOc1ccc([C@H]2c3c(oc4ccc(C)cc4c3=O)C(=O)N2Cc2ccc3c(c2)OCO3)cc1. The molecule has 2 aliphatic rings. The van der Waals surface area contributed by atoms with E-state index >= 15 is 0 Å². The van der Waals surface area contributed by atoms with Crippen molar-refractivity contribution in [1.29, 1.82) is 0 Å². The molecule has 7 nitrogen and oxygen atoms in total. The second-order valence-corrected chi connectivity index (χ2v) is 8.70. The quantitative estimate of drug-likeness (QED) is 0.411. The molecule has 4 aromatic rings. The Morgan fingerprint density at radius 3 is 2.57 bits per heavy atom. The van der Waals surface area contributed by atoms with Gasteiger partial charge in [0.1, 0.15) is 11.3 Å². The van der Waals surface area contributed by atoms with Crippen molar-refractivity contribution < 1.29 is 23.4 Å². The van der Waals surface area contributed by atoms with Gasteiger partial charge in [0.2, 0.25) is 12.6 Å². The number of fused-ring (bicyclic) bond motifs is 3. The molecule has 0 unspecified atom stereocenters. The number of hydrogen-bond donors (Lipinski definition) is 0. The maximum Gasteiger partial charge on any atom is 0.291 e. The summed E-state index contributed by atoms with van der Waals surface area (Å²) in [5, 5.41) is 0.470. The fraction of sp³-hybridized carbons (Fsp3) is 0.214. The van der Waals surface area contributed by atoms with Crippen LogP contribution in [0.4, 0.5) is 0 Å². The van der Waals surface area contributed by atoms with Gasteiger partial charge in [-0.3, -0.25) is 9.59 Å². The average Bonchev–Trinajstić information content (AvgIpc) is 3.43. The Kier molecular flexibility index (Phi) is 4.99. The van der Waals surface area contributed by atoms with Gasteiger partial charge in [-0.25, -0.2) is 0 Å². The molecule has 0 spiro atoms. The van der Waals surface area contributed by atoms with Crippen LogP contribution in [0.2, 0.25) is 0 Å². The number of amides is 1. The molecule has 7 heteroatoms. The molecule has 176 valence electrons. The summed E-state index contributed by atoms with van der Waals surface area (Å²) in [4.78, 5) is 29.1. The van der Waals surface area contributed by atoms with E-state index in [1.807, 2.05) is 68.4 Å². The van der Waals surface area contributed by atoms with E-state index in [-0.39, 0.29) is 30.4 Å². The van der Waals surface area contributed by atoms with Crippen molar-refractivity contribution in [3.8, 4) is 17.2 Å². The van der Waals surface area contributed by atoms with Crippen LogP contribution < -0.4 is 19.6 Å². The van der Waals surface area contributed by atoms with E-state index in [1.54, 1.807) is 11.0 Å². The summed E-state index contributed by atoms with van der Waals surface area (Å²) in [6, 6.07) is 17.9. The molecule has 1 aromatic heterocycles. The van der Waals surface area contributed by atoms with Gasteiger partial charge in [0.15, 0.2) is 16.9 Å². The minimum atomic E-state index is -0.597. The predicted molar refractivity (Wildman–Crippen MR) is 129 cm³/mol. The first-order chi connectivity index (χ1) is 17.0. The van der Waals surface area contributed by atoms with Crippen LogP contribution in [0.15, 0.2) is 69.9 Å². The van der Waals surface area contributed by atoms with Crippen molar-refractivity contribution in [3.63, 3.8) is 0 Å². The Morgan fingerprint density at radius 2 is 1.77 bits per heavy atom. The van der Waals surface area contributed by atoms with Crippen LogP contribution in [-0.2, 0) is 6.54 Å². The van der Waals surface area contributed by atoms with Gasteiger partial charge in [-0.15, -0.1) is 0 Å². The molecule has 2 aliphatic heterocycles. The minimum absolute atomic E-state index is 0.0889. The number of benzene rings is 3. The molecule has 35 heavy (non-hydrogen) atoms. The predicted octanol–water partition coefficient (Wildman–Crippen LogP) is 4.97. The topological polar surface area (TPSA) is 78.2 Å². The summed E-state index contributed by atoms with van der Waals surface area (Å²) in [5.74, 6) is 1.80. The van der Waals surface area contributed by atoms with Crippen molar-refractivity contribution in [2.75, 3.05) is 13.4 Å².